The van der Waals surface area contributed by atoms with Crippen LogP contribution in [0.5, 0.6) is 11.5 Å². The third-order valence-electron chi connectivity index (χ3n) is 3.38. The first-order valence-corrected chi connectivity index (χ1v) is 7.66. The Hall–Kier alpha value is -3.35. The molecule has 1 N–H and O–H groups in total. The molecule has 0 amide bonds. The van der Waals surface area contributed by atoms with Crippen LogP contribution in [0.4, 0.5) is 0 Å². The van der Waals surface area contributed by atoms with E-state index in [1.54, 1.807) is 28.9 Å². The Kier molecular flexibility index (Phi) is 4.94. The summed E-state index contributed by atoms with van der Waals surface area (Å²) in [6, 6.07) is 14.7. The Bertz CT molecular complexity index is 859. The van der Waals surface area contributed by atoms with Crippen molar-refractivity contribution < 1.29 is 19.4 Å². The van der Waals surface area contributed by atoms with Crippen LogP contribution in [0.2, 0.25) is 0 Å². The summed E-state index contributed by atoms with van der Waals surface area (Å²) in [4.78, 5) is 10.5. The first-order valence-electron chi connectivity index (χ1n) is 7.66. The second-order valence-electron chi connectivity index (χ2n) is 5.44. The monoisotopic (exact) mass is 339 g/mol. The molecule has 1 heterocycles. The van der Waals surface area contributed by atoms with Crippen LogP contribution in [0.15, 0.2) is 54.7 Å². The smallest absolute Gasteiger partial charge is 0.341 e. The van der Waals surface area contributed by atoms with Gasteiger partial charge in [-0.25, -0.2) is 9.48 Å². The van der Waals surface area contributed by atoms with E-state index >= 15 is 0 Å². The normalized spacial score (nSPS) is 10.4. The summed E-state index contributed by atoms with van der Waals surface area (Å²) in [6.07, 6.45) is 1.82. The van der Waals surface area contributed by atoms with Gasteiger partial charge in [0, 0.05) is 0 Å². The molecule has 0 atom stereocenters. The minimum atomic E-state index is -1.02. The third-order valence-corrected chi connectivity index (χ3v) is 3.38. The molecule has 7 heteroatoms. The number of carboxylic acid groups (broad SMARTS) is 1. The summed E-state index contributed by atoms with van der Waals surface area (Å²) < 4.78 is 12.4. The molecule has 128 valence electrons. The van der Waals surface area contributed by atoms with E-state index in [9.17, 15) is 4.79 Å². The summed E-state index contributed by atoms with van der Waals surface area (Å²) in [5, 5.41) is 16.8. The van der Waals surface area contributed by atoms with Gasteiger partial charge in [-0.3, -0.25) is 0 Å². The minimum absolute atomic E-state index is 0.279. The van der Waals surface area contributed by atoms with Crippen molar-refractivity contribution in [1.82, 2.24) is 15.0 Å². The highest BCUT2D eigenvalue weighted by Gasteiger charge is 2.05. The van der Waals surface area contributed by atoms with Crippen molar-refractivity contribution in [3.63, 3.8) is 0 Å². The molecule has 3 rings (SSSR count). The number of rotatable bonds is 7. The predicted octanol–water partition coefficient (Wildman–Crippen LogP) is 2.62. The first kappa shape index (κ1) is 16.5. The van der Waals surface area contributed by atoms with E-state index in [1.165, 1.54) is 0 Å². The van der Waals surface area contributed by atoms with Crippen LogP contribution < -0.4 is 9.47 Å². The largest absolute Gasteiger partial charge is 0.487 e. The molecule has 1 aromatic heterocycles. The van der Waals surface area contributed by atoms with Gasteiger partial charge in [0.1, 0.15) is 23.8 Å². The fourth-order valence-corrected chi connectivity index (χ4v) is 2.20. The molecule has 0 aliphatic carbocycles. The van der Waals surface area contributed by atoms with E-state index in [1.807, 2.05) is 37.4 Å². The highest BCUT2D eigenvalue weighted by atomic mass is 16.5. The average molecular weight is 339 g/mol. The van der Waals surface area contributed by atoms with Crippen LogP contribution in [0.3, 0.4) is 0 Å². The molecule has 7 nitrogen and oxygen atoms in total. The maximum Gasteiger partial charge on any atom is 0.341 e. The van der Waals surface area contributed by atoms with Crippen LogP contribution in [-0.2, 0) is 11.4 Å². The highest BCUT2D eigenvalue weighted by molar-refractivity contribution is 5.68. The van der Waals surface area contributed by atoms with E-state index < -0.39 is 5.97 Å². The number of benzene rings is 2. The van der Waals surface area contributed by atoms with Crippen LogP contribution >= 0.6 is 0 Å². The summed E-state index contributed by atoms with van der Waals surface area (Å²) in [6.45, 7) is 1.93. The van der Waals surface area contributed by atoms with Gasteiger partial charge in [-0.2, -0.15) is 0 Å². The molecule has 0 bridgehead atoms. The maximum absolute atomic E-state index is 10.5. The molecule has 0 fully saturated rings. The SMILES string of the molecule is Cc1cccc(-n2cc(COc3ccc(OCC(=O)O)cc3)nn2)c1. The van der Waals surface area contributed by atoms with E-state index in [0.29, 0.717) is 17.2 Å². The second-order valence-corrected chi connectivity index (χ2v) is 5.44. The Balaban J connectivity index is 1.58. The van der Waals surface area contributed by atoms with Crippen molar-refractivity contribution in [3.05, 3.63) is 66.0 Å². The number of ether oxygens (including phenoxy) is 2. The van der Waals surface area contributed by atoms with Gasteiger partial charge in [-0.15, -0.1) is 5.10 Å². The summed E-state index contributed by atoms with van der Waals surface area (Å²) >= 11 is 0. The van der Waals surface area contributed by atoms with Crippen molar-refractivity contribution in [1.29, 1.82) is 0 Å². The lowest BCUT2D eigenvalue weighted by Crippen LogP contribution is -2.09. The number of carboxylic acids is 1. The number of hydrogen-bond acceptors (Lipinski definition) is 5. The number of aromatic nitrogens is 3. The fourth-order valence-electron chi connectivity index (χ4n) is 2.20. The van der Waals surface area contributed by atoms with Crippen molar-refractivity contribution in [2.45, 2.75) is 13.5 Å². The van der Waals surface area contributed by atoms with E-state index in [-0.39, 0.29) is 13.2 Å². The lowest BCUT2D eigenvalue weighted by atomic mass is 10.2. The molecule has 0 aliphatic rings. The number of carbonyl (C=O) groups is 1. The van der Waals surface area contributed by atoms with Gasteiger partial charge in [0.15, 0.2) is 6.61 Å². The van der Waals surface area contributed by atoms with Crippen molar-refractivity contribution >= 4 is 5.97 Å². The number of aliphatic carboxylic acids is 1. The van der Waals surface area contributed by atoms with Crippen molar-refractivity contribution in [3.8, 4) is 17.2 Å². The summed E-state index contributed by atoms with van der Waals surface area (Å²) in [5.74, 6) is 0.0879. The van der Waals surface area contributed by atoms with E-state index in [2.05, 4.69) is 10.3 Å². The Morgan fingerprint density at radius 1 is 1.12 bits per heavy atom. The summed E-state index contributed by atoms with van der Waals surface area (Å²) in [7, 11) is 0. The molecule has 0 radical (unpaired) electrons. The Morgan fingerprint density at radius 3 is 2.52 bits per heavy atom. The zero-order chi connectivity index (χ0) is 17.6. The quantitative estimate of drug-likeness (QED) is 0.712. The van der Waals surface area contributed by atoms with Crippen LogP contribution in [0.1, 0.15) is 11.3 Å². The maximum atomic E-state index is 10.5. The van der Waals surface area contributed by atoms with Crippen molar-refractivity contribution in [2.75, 3.05) is 6.61 Å². The van der Waals surface area contributed by atoms with Crippen molar-refractivity contribution in [2.24, 2.45) is 0 Å². The van der Waals surface area contributed by atoms with Gasteiger partial charge in [-0.1, -0.05) is 17.3 Å². The number of nitrogens with zero attached hydrogens (tertiary/aromatic N) is 3. The molecular formula is C18H17N3O4. The topological polar surface area (TPSA) is 86.5 Å². The first-order chi connectivity index (χ1) is 12.1. The molecule has 0 spiro atoms. The number of hydrogen-bond donors (Lipinski definition) is 1. The molecule has 0 aliphatic heterocycles. The lowest BCUT2D eigenvalue weighted by molar-refractivity contribution is -0.139. The molecular weight excluding hydrogens is 322 g/mol. The van der Waals surface area contributed by atoms with Crippen LogP contribution in [0.25, 0.3) is 5.69 Å². The summed E-state index contributed by atoms with van der Waals surface area (Å²) in [5.41, 5.74) is 2.79. The van der Waals surface area contributed by atoms with E-state index in [4.69, 9.17) is 14.6 Å². The minimum Gasteiger partial charge on any atom is -0.487 e. The van der Waals surface area contributed by atoms with Gasteiger partial charge in [-0.05, 0) is 48.9 Å². The van der Waals surface area contributed by atoms with Crippen LogP contribution in [0, 0.1) is 6.92 Å². The molecule has 0 unspecified atom stereocenters. The third kappa shape index (κ3) is 4.57. The average Bonchev–Trinajstić information content (AvgIpc) is 3.08. The Morgan fingerprint density at radius 2 is 1.84 bits per heavy atom. The molecule has 2 aromatic carbocycles. The van der Waals surface area contributed by atoms with Gasteiger partial charge in [0.25, 0.3) is 0 Å². The second kappa shape index (κ2) is 7.48. The fraction of sp³-hybridized carbons (Fsp3) is 0.167. The molecule has 25 heavy (non-hydrogen) atoms. The van der Waals surface area contributed by atoms with Crippen LogP contribution in [-0.4, -0.2) is 32.7 Å². The zero-order valence-electron chi connectivity index (χ0n) is 13.6. The zero-order valence-corrected chi connectivity index (χ0v) is 13.6. The molecule has 3 aromatic rings. The van der Waals surface area contributed by atoms with Gasteiger partial charge < -0.3 is 14.6 Å². The Labute approximate surface area is 144 Å². The van der Waals surface area contributed by atoms with Gasteiger partial charge in [0.2, 0.25) is 0 Å². The molecule has 0 saturated heterocycles. The lowest BCUT2D eigenvalue weighted by Gasteiger charge is -2.06. The molecule has 0 saturated carbocycles. The standard InChI is InChI=1S/C18H17N3O4/c1-13-3-2-4-15(9-13)21-10-14(19-20-21)11-24-16-5-7-17(8-6-16)25-12-18(22)23/h2-10H,11-12H2,1H3,(H,22,23). The highest BCUT2D eigenvalue weighted by Crippen LogP contribution is 2.18. The van der Waals surface area contributed by atoms with E-state index in [0.717, 1.165) is 11.3 Å². The predicted molar refractivity (Wildman–Crippen MR) is 90.0 cm³/mol. The van der Waals surface area contributed by atoms with Gasteiger partial charge in [0.05, 0.1) is 11.9 Å². The number of aryl methyl sites for hydroxylation is 1. The van der Waals surface area contributed by atoms with Gasteiger partial charge >= 0.3 is 5.97 Å².